The normalized spacial score (nSPS) is 21.5. The first kappa shape index (κ1) is 15.7. The summed E-state index contributed by atoms with van der Waals surface area (Å²) in [4.78, 5) is 14.1. The van der Waals surface area contributed by atoms with Gasteiger partial charge in [0.1, 0.15) is 5.82 Å². The molecule has 124 valence electrons. The number of nitrogens with one attached hydrogen (secondary N) is 1. The molecule has 1 N–H and O–H groups in total. The molecular formula is C20H20FNOS. The van der Waals surface area contributed by atoms with E-state index in [1.807, 2.05) is 24.3 Å². The molecule has 2 aliphatic rings. The van der Waals surface area contributed by atoms with E-state index < -0.39 is 0 Å². The van der Waals surface area contributed by atoms with Crippen molar-refractivity contribution in [2.24, 2.45) is 0 Å². The van der Waals surface area contributed by atoms with Crippen LogP contribution in [-0.2, 0) is 16.8 Å². The Morgan fingerprint density at radius 2 is 1.79 bits per heavy atom. The van der Waals surface area contributed by atoms with Crippen molar-refractivity contribution in [3.8, 4) is 0 Å². The number of hydrogen-bond acceptors (Lipinski definition) is 2. The van der Waals surface area contributed by atoms with Gasteiger partial charge in [-0.3, -0.25) is 4.79 Å². The summed E-state index contributed by atoms with van der Waals surface area (Å²) in [7, 11) is 0. The highest BCUT2D eigenvalue weighted by atomic mass is 32.2. The van der Waals surface area contributed by atoms with Gasteiger partial charge in [-0.25, -0.2) is 4.39 Å². The number of hydrogen-bond donors (Lipinski definition) is 1. The summed E-state index contributed by atoms with van der Waals surface area (Å²) in [6.45, 7) is 0. The summed E-state index contributed by atoms with van der Waals surface area (Å²) in [5.41, 5.74) is 1.94. The molecule has 24 heavy (non-hydrogen) atoms. The fourth-order valence-corrected chi connectivity index (χ4v) is 5.07. The highest BCUT2D eigenvalue weighted by molar-refractivity contribution is 8.01. The standard InChI is InChI=1S/C20H20FNOS/c21-16-9-7-15(8-10-16)20(11-3-4-12-20)22-19(23)18-13-14-5-1-2-6-17(14)24-18/h1-2,5-10,18H,3-4,11-13H2,(H,22,23)/t18-/m0/s1. The molecule has 4 heteroatoms. The van der Waals surface area contributed by atoms with Crippen LogP contribution in [0.4, 0.5) is 4.39 Å². The molecular weight excluding hydrogens is 321 g/mol. The van der Waals surface area contributed by atoms with Gasteiger partial charge in [0, 0.05) is 4.90 Å². The van der Waals surface area contributed by atoms with Crippen LogP contribution in [0, 0.1) is 5.82 Å². The number of rotatable bonds is 3. The zero-order valence-electron chi connectivity index (χ0n) is 13.4. The van der Waals surface area contributed by atoms with Crippen molar-refractivity contribution < 1.29 is 9.18 Å². The Morgan fingerprint density at radius 3 is 2.50 bits per heavy atom. The van der Waals surface area contributed by atoms with E-state index >= 15 is 0 Å². The average Bonchev–Trinajstić information content (AvgIpc) is 3.22. The van der Waals surface area contributed by atoms with Gasteiger partial charge in [-0.1, -0.05) is 43.2 Å². The van der Waals surface area contributed by atoms with E-state index in [1.165, 1.54) is 22.6 Å². The van der Waals surface area contributed by atoms with E-state index in [1.54, 1.807) is 11.8 Å². The smallest absolute Gasteiger partial charge is 0.234 e. The highest BCUT2D eigenvalue weighted by Gasteiger charge is 2.39. The third-order valence-corrected chi connectivity index (χ3v) is 6.47. The third-order valence-electron chi connectivity index (χ3n) is 5.16. The molecule has 1 heterocycles. The zero-order chi connectivity index (χ0) is 16.6. The van der Waals surface area contributed by atoms with Gasteiger partial charge >= 0.3 is 0 Å². The van der Waals surface area contributed by atoms with Crippen molar-refractivity contribution in [1.29, 1.82) is 0 Å². The van der Waals surface area contributed by atoms with Crippen LogP contribution in [0.3, 0.4) is 0 Å². The molecule has 1 aliphatic heterocycles. The van der Waals surface area contributed by atoms with Gasteiger partial charge in [0.05, 0.1) is 10.8 Å². The number of thioether (sulfide) groups is 1. The number of amides is 1. The molecule has 0 spiro atoms. The third kappa shape index (κ3) is 2.84. The summed E-state index contributed by atoms with van der Waals surface area (Å²) >= 11 is 1.65. The lowest BCUT2D eigenvalue weighted by molar-refractivity contribution is -0.122. The first-order valence-corrected chi connectivity index (χ1v) is 9.37. The fraction of sp³-hybridized carbons (Fsp3) is 0.350. The molecule has 1 amide bonds. The molecule has 1 fully saturated rings. The average molecular weight is 341 g/mol. The summed E-state index contributed by atoms with van der Waals surface area (Å²) in [6, 6.07) is 14.8. The minimum Gasteiger partial charge on any atom is -0.346 e. The van der Waals surface area contributed by atoms with Crippen LogP contribution in [-0.4, -0.2) is 11.2 Å². The van der Waals surface area contributed by atoms with Gasteiger partial charge in [-0.05, 0) is 48.6 Å². The predicted octanol–water partition coefficient (Wildman–Crippen LogP) is 4.43. The number of fused-ring (bicyclic) bond motifs is 1. The molecule has 0 saturated heterocycles. The summed E-state index contributed by atoms with van der Waals surface area (Å²) < 4.78 is 13.3. The number of benzene rings is 2. The molecule has 0 aromatic heterocycles. The van der Waals surface area contributed by atoms with Gasteiger partial charge in [0.15, 0.2) is 0 Å². The molecule has 2 aromatic rings. The van der Waals surface area contributed by atoms with E-state index in [0.717, 1.165) is 37.7 Å². The van der Waals surface area contributed by atoms with E-state index in [4.69, 9.17) is 0 Å². The summed E-state index contributed by atoms with van der Waals surface area (Å²) in [5, 5.41) is 3.25. The lowest BCUT2D eigenvalue weighted by Gasteiger charge is -2.32. The minimum atomic E-state index is -0.333. The molecule has 0 radical (unpaired) electrons. The lowest BCUT2D eigenvalue weighted by atomic mass is 9.87. The maximum atomic E-state index is 13.3. The van der Waals surface area contributed by atoms with Gasteiger partial charge in [0.25, 0.3) is 0 Å². The Labute approximate surface area is 145 Å². The van der Waals surface area contributed by atoms with E-state index in [9.17, 15) is 9.18 Å². The lowest BCUT2D eigenvalue weighted by Crippen LogP contribution is -2.47. The van der Waals surface area contributed by atoms with Crippen LogP contribution in [0.5, 0.6) is 0 Å². The van der Waals surface area contributed by atoms with Crippen molar-refractivity contribution in [2.45, 2.75) is 47.8 Å². The van der Waals surface area contributed by atoms with Gasteiger partial charge in [0.2, 0.25) is 5.91 Å². The monoisotopic (exact) mass is 341 g/mol. The predicted molar refractivity (Wildman–Crippen MR) is 94.5 cm³/mol. The number of halogens is 1. The molecule has 4 rings (SSSR count). The van der Waals surface area contributed by atoms with Crippen molar-refractivity contribution in [1.82, 2.24) is 5.32 Å². The van der Waals surface area contributed by atoms with Crippen molar-refractivity contribution in [2.75, 3.05) is 0 Å². The second-order valence-corrected chi connectivity index (χ2v) is 7.95. The molecule has 1 atom stereocenters. The minimum absolute atomic E-state index is 0.0691. The Morgan fingerprint density at radius 1 is 1.08 bits per heavy atom. The molecule has 0 bridgehead atoms. The van der Waals surface area contributed by atoms with E-state index in [-0.39, 0.29) is 22.5 Å². The van der Waals surface area contributed by atoms with Crippen molar-refractivity contribution >= 4 is 17.7 Å². The summed E-state index contributed by atoms with van der Waals surface area (Å²) in [6.07, 6.45) is 4.82. The van der Waals surface area contributed by atoms with E-state index in [2.05, 4.69) is 17.4 Å². The fourth-order valence-electron chi connectivity index (χ4n) is 3.88. The zero-order valence-corrected chi connectivity index (χ0v) is 14.2. The first-order chi connectivity index (χ1) is 11.7. The molecule has 2 nitrogen and oxygen atoms in total. The SMILES string of the molecule is O=C(NC1(c2ccc(F)cc2)CCCC1)[C@@H]1Cc2ccccc2S1. The maximum Gasteiger partial charge on any atom is 0.234 e. The Hall–Kier alpha value is -1.81. The van der Waals surface area contributed by atoms with Gasteiger partial charge in [-0.15, -0.1) is 11.8 Å². The Kier molecular flexibility index (Phi) is 4.09. The maximum absolute atomic E-state index is 13.3. The topological polar surface area (TPSA) is 29.1 Å². The molecule has 2 aromatic carbocycles. The van der Waals surface area contributed by atoms with Gasteiger partial charge in [-0.2, -0.15) is 0 Å². The molecule has 1 saturated carbocycles. The highest BCUT2D eigenvalue weighted by Crippen LogP contribution is 2.41. The molecule has 0 unspecified atom stereocenters. The second kappa shape index (κ2) is 6.25. The number of carbonyl (C=O) groups excluding carboxylic acids is 1. The van der Waals surface area contributed by atoms with Crippen LogP contribution in [0.2, 0.25) is 0 Å². The molecule has 1 aliphatic carbocycles. The summed E-state index contributed by atoms with van der Waals surface area (Å²) in [5.74, 6) is -0.137. The first-order valence-electron chi connectivity index (χ1n) is 8.49. The van der Waals surface area contributed by atoms with Crippen LogP contribution in [0.15, 0.2) is 53.4 Å². The van der Waals surface area contributed by atoms with Gasteiger partial charge < -0.3 is 5.32 Å². The Balaban J connectivity index is 1.54. The van der Waals surface area contributed by atoms with Crippen LogP contribution < -0.4 is 5.32 Å². The second-order valence-electron chi connectivity index (χ2n) is 6.70. The van der Waals surface area contributed by atoms with Crippen molar-refractivity contribution in [3.05, 3.63) is 65.5 Å². The van der Waals surface area contributed by atoms with Crippen LogP contribution in [0.1, 0.15) is 36.8 Å². The Bertz CT molecular complexity index is 727. The quantitative estimate of drug-likeness (QED) is 0.895. The van der Waals surface area contributed by atoms with Crippen LogP contribution >= 0.6 is 11.8 Å². The van der Waals surface area contributed by atoms with Crippen molar-refractivity contribution in [3.63, 3.8) is 0 Å². The van der Waals surface area contributed by atoms with E-state index in [0.29, 0.717) is 0 Å². The number of carbonyl (C=O) groups is 1. The largest absolute Gasteiger partial charge is 0.346 e. The van der Waals surface area contributed by atoms with Crippen LogP contribution in [0.25, 0.3) is 0 Å².